The zero-order valence-corrected chi connectivity index (χ0v) is 23.4. The number of sulfone groups is 1. The molecule has 2 amide bonds. The molecule has 0 N–H and O–H groups in total. The molecule has 10 heteroatoms. The van der Waals surface area contributed by atoms with Crippen molar-refractivity contribution in [3.8, 4) is 0 Å². The van der Waals surface area contributed by atoms with Gasteiger partial charge in [-0.25, -0.2) is 18.2 Å². The molecule has 0 radical (unpaired) electrons. The Labute approximate surface area is 219 Å². The zero-order chi connectivity index (χ0) is 27.3. The minimum atomic E-state index is -3.76. The number of ether oxygens (including phenoxy) is 1. The number of piperazine rings is 1. The zero-order valence-electron chi connectivity index (χ0n) is 22.6. The van der Waals surface area contributed by atoms with E-state index >= 15 is 0 Å². The van der Waals surface area contributed by atoms with E-state index in [9.17, 15) is 18.0 Å². The minimum absolute atomic E-state index is 0.0624. The quantitative estimate of drug-likeness (QED) is 0.582. The predicted molar refractivity (Wildman–Crippen MR) is 143 cm³/mol. The first-order valence-electron chi connectivity index (χ1n) is 12.5. The molecule has 1 unspecified atom stereocenters. The van der Waals surface area contributed by atoms with E-state index in [2.05, 4.69) is 16.0 Å². The van der Waals surface area contributed by atoms with Gasteiger partial charge in [-0.2, -0.15) is 0 Å². The van der Waals surface area contributed by atoms with Crippen LogP contribution in [-0.2, 0) is 14.6 Å². The summed E-state index contributed by atoms with van der Waals surface area (Å²) in [5.74, 6) is 0.622. The molecular formula is C27H36N4O5S. The van der Waals surface area contributed by atoms with Gasteiger partial charge in [0.25, 0.3) is 5.91 Å². The maximum Gasteiger partial charge on any atom is 0.415 e. The summed E-state index contributed by atoms with van der Waals surface area (Å²) in [4.78, 5) is 36.1. The molecule has 2 aromatic rings. The molecule has 200 valence electrons. The van der Waals surface area contributed by atoms with Crippen LogP contribution in [0.1, 0.15) is 49.2 Å². The summed E-state index contributed by atoms with van der Waals surface area (Å²) >= 11 is 0. The van der Waals surface area contributed by atoms with Gasteiger partial charge in [-0.15, -0.1) is 0 Å². The molecule has 2 fully saturated rings. The van der Waals surface area contributed by atoms with Crippen LogP contribution in [0.2, 0.25) is 0 Å². The second-order valence-corrected chi connectivity index (χ2v) is 12.9. The Morgan fingerprint density at radius 1 is 1.11 bits per heavy atom. The van der Waals surface area contributed by atoms with E-state index in [4.69, 9.17) is 4.74 Å². The largest absolute Gasteiger partial charge is 0.441 e. The van der Waals surface area contributed by atoms with Crippen molar-refractivity contribution < 1.29 is 22.7 Å². The maximum absolute atomic E-state index is 13.5. The number of benzene rings is 1. The van der Waals surface area contributed by atoms with E-state index < -0.39 is 21.5 Å². The first-order valence-corrected chi connectivity index (χ1v) is 14.4. The Hall–Kier alpha value is -3.14. The lowest BCUT2D eigenvalue weighted by atomic mass is 9.88. The average Bonchev–Trinajstić information content (AvgIpc) is 3.06. The molecular weight excluding hydrogens is 492 g/mol. The highest BCUT2D eigenvalue weighted by molar-refractivity contribution is 7.90. The van der Waals surface area contributed by atoms with Crippen molar-refractivity contribution in [2.75, 3.05) is 42.2 Å². The molecule has 37 heavy (non-hydrogen) atoms. The maximum atomic E-state index is 13.5. The SMILES string of the molecule is Cc1cnc(N2CCN(C(=O)c3ccc(N4C(=O)OC(C)(C)C4C(C)C)cc3S(C)(=O)=O)CC2)c(C)c1. The molecule has 0 aliphatic carbocycles. The number of aryl methyl sites for hydroxylation is 2. The van der Waals surface area contributed by atoms with Gasteiger partial charge in [-0.3, -0.25) is 9.69 Å². The standard InChI is InChI=1S/C27H36N4O5S/c1-17(2)23-27(5,6)36-26(33)31(23)20-8-9-21(22(15-20)37(7,34)35)25(32)30-12-10-29(11-13-30)24-19(4)14-18(3)16-28-24/h8-9,14-17,23H,10-13H2,1-7H3. The second-order valence-electron chi connectivity index (χ2n) is 10.9. The van der Waals surface area contributed by atoms with Crippen LogP contribution in [0.4, 0.5) is 16.3 Å². The molecule has 9 nitrogen and oxygen atoms in total. The third-order valence-electron chi connectivity index (χ3n) is 7.10. The fourth-order valence-electron chi connectivity index (χ4n) is 5.60. The summed E-state index contributed by atoms with van der Waals surface area (Å²) < 4.78 is 31.2. The van der Waals surface area contributed by atoms with E-state index in [0.29, 0.717) is 31.9 Å². The van der Waals surface area contributed by atoms with Gasteiger partial charge >= 0.3 is 6.09 Å². The highest BCUT2D eigenvalue weighted by Crippen LogP contribution is 2.38. The number of hydrogen-bond donors (Lipinski definition) is 0. The van der Waals surface area contributed by atoms with Gasteiger partial charge in [-0.05, 0) is 62.9 Å². The molecule has 0 bridgehead atoms. The molecule has 1 atom stereocenters. The van der Waals surface area contributed by atoms with Crippen LogP contribution in [0.3, 0.4) is 0 Å². The monoisotopic (exact) mass is 528 g/mol. The topological polar surface area (TPSA) is 100 Å². The lowest BCUT2D eigenvalue weighted by Crippen LogP contribution is -2.49. The Kier molecular flexibility index (Phi) is 7.00. The highest BCUT2D eigenvalue weighted by Gasteiger charge is 2.50. The van der Waals surface area contributed by atoms with Crippen LogP contribution in [0.5, 0.6) is 0 Å². The summed E-state index contributed by atoms with van der Waals surface area (Å²) in [6.45, 7) is 13.8. The number of aromatic nitrogens is 1. The van der Waals surface area contributed by atoms with Crippen molar-refractivity contribution >= 4 is 33.3 Å². The first-order chi connectivity index (χ1) is 17.2. The normalized spacial score (nSPS) is 19.9. The smallest absolute Gasteiger partial charge is 0.415 e. The number of hydrogen-bond acceptors (Lipinski definition) is 7. The lowest BCUT2D eigenvalue weighted by Gasteiger charge is -2.36. The van der Waals surface area contributed by atoms with E-state index in [-0.39, 0.29) is 28.3 Å². The Balaban J connectivity index is 1.61. The number of cyclic esters (lactones) is 1. The van der Waals surface area contributed by atoms with E-state index in [0.717, 1.165) is 23.2 Å². The van der Waals surface area contributed by atoms with E-state index in [1.165, 1.54) is 17.0 Å². The van der Waals surface area contributed by atoms with E-state index in [1.54, 1.807) is 11.0 Å². The summed E-state index contributed by atoms with van der Waals surface area (Å²) in [7, 11) is -3.76. The van der Waals surface area contributed by atoms with Crippen molar-refractivity contribution in [1.29, 1.82) is 0 Å². The fraction of sp³-hybridized carbons (Fsp3) is 0.519. The van der Waals surface area contributed by atoms with Gasteiger partial charge < -0.3 is 14.5 Å². The molecule has 1 aromatic heterocycles. The molecule has 4 rings (SSSR count). The van der Waals surface area contributed by atoms with Crippen LogP contribution in [0.15, 0.2) is 35.4 Å². The molecule has 2 aliphatic rings. The molecule has 2 aliphatic heterocycles. The number of pyridine rings is 1. The van der Waals surface area contributed by atoms with Crippen molar-refractivity contribution in [2.24, 2.45) is 5.92 Å². The van der Waals surface area contributed by atoms with Crippen LogP contribution in [-0.4, -0.2) is 74.4 Å². The molecule has 0 spiro atoms. The number of nitrogens with zero attached hydrogens (tertiary/aromatic N) is 4. The number of amides is 2. The number of rotatable bonds is 5. The molecule has 2 saturated heterocycles. The van der Waals surface area contributed by atoms with Crippen molar-refractivity contribution in [1.82, 2.24) is 9.88 Å². The van der Waals surface area contributed by atoms with Gasteiger partial charge in [0.05, 0.1) is 16.5 Å². The Bertz CT molecular complexity index is 1330. The molecule has 3 heterocycles. The lowest BCUT2D eigenvalue weighted by molar-refractivity contribution is 0.0592. The number of carbonyl (C=O) groups excluding carboxylic acids is 2. The Morgan fingerprint density at radius 3 is 2.32 bits per heavy atom. The van der Waals surface area contributed by atoms with Crippen molar-refractivity contribution in [2.45, 2.75) is 58.1 Å². The first kappa shape index (κ1) is 26.9. The number of anilines is 2. The van der Waals surface area contributed by atoms with Gasteiger partial charge in [0.15, 0.2) is 9.84 Å². The third kappa shape index (κ3) is 5.16. The summed E-state index contributed by atoms with van der Waals surface area (Å²) in [6, 6.07) is 6.37. The van der Waals surface area contributed by atoms with Crippen LogP contribution in [0.25, 0.3) is 0 Å². The summed E-state index contributed by atoms with van der Waals surface area (Å²) in [5, 5.41) is 0. The second kappa shape index (κ2) is 9.63. The Morgan fingerprint density at radius 2 is 1.76 bits per heavy atom. The van der Waals surface area contributed by atoms with Gasteiger partial charge in [0, 0.05) is 44.3 Å². The van der Waals surface area contributed by atoms with Gasteiger partial charge in [0.2, 0.25) is 0 Å². The summed E-state index contributed by atoms with van der Waals surface area (Å²) in [5.41, 5.74) is 1.94. The van der Waals surface area contributed by atoms with E-state index in [1.807, 2.05) is 47.7 Å². The number of carbonyl (C=O) groups is 2. The van der Waals surface area contributed by atoms with Crippen LogP contribution in [0, 0.1) is 19.8 Å². The minimum Gasteiger partial charge on any atom is -0.441 e. The average molecular weight is 529 g/mol. The summed E-state index contributed by atoms with van der Waals surface area (Å²) in [6.07, 6.45) is 2.39. The van der Waals surface area contributed by atoms with Crippen molar-refractivity contribution in [3.63, 3.8) is 0 Å². The third-order valence-corrected chi connectivity index (χ3v) is 8.23. The van der Waals surface area contributed by atoms with Gasteiger partial charge in [0.1, 0.15) is 11.4 Å². The fourth-order valence-corrected chi connectivity index (χ4v) is 6.49. The molecule has 1 aromatic carbocycles. The van der Waals surface area contributed by atoms with Crippen molar-refractivity contribution in [3.05, 3.63) is 47.2 Å². The highest BCUT2D eigenvalue weighted by atomic mass is 32.2. The van der Waals surface area contributed by atoms with Crippen LogP contribution >= 0.6 is 0 Å². The van der Waals surface area contributed by atoms with Crippen LogP contribution < -0.4 is 9.80 Å². The van der Waals surface area contributed by atoms with Gasteiger partial charge in [-0.1, -0.05) is 19.9 Å². The molecule has 0 saturated carbocycles. The predicted octanol–water partition coefficient (Wildman–Crippen LogP) is 3.82.